The Hall–Kier alpha value is -2.14. The van der Waals surface area contributed by atoms with E-state index >= 15 is 0 Å². The van der Waals surface area contributed by atoms with Crippen molar-refractivity contribution in [2.24, 2.45) is 0 Å². The molecule has 2 heterocycles. The van der Waals surface area contributed by atoms with E-state index in [2.05, 4.69) is 26.7 Å². The second kappa shape index (κ2) is 7.42. The molecular weight excluding hydrogens is 288 g/mol. The first-order valence-electron chi connectivity index (χ1n) is 8.32. The lowest BCUT2D eigenvalue weighted by molar-refractivity contribution is 0.382. The summed E-state index contributed by atoms with van der Waals surface area (Å²) in [7, 11) is 1.83. The average molecular weight is 312 g/mol. The lowest BCUT2D eigenvalue weighted by atomic mass is 9.97. The van der Waals surface area contributed by atoms with E-state index in [0.29, 0.717) is 11.9 Å². The van der Waals surface area contributed by atoms with Crippen LogP contribution in [-0.4, -0.2) is 34.7 Å². The van der Waals surface area contributed by atoms with Gasteiger partial charge in [-0.1, -0.05) is 6.42 Å². The van der Waals surface area contributed by atoms with Gasteiger partial charge in [0.1, 0.15) is 11.6 Å². The molecule has 23 heavy (non-hydrogen) atoms. The van der Waals surface area contributed by atoms with Crippen LogP contribution in [0.5, 0.6) is 5.75 Å². The molecular formula is C18H24N4O. The summed E-state index contributed by atoms with van der Waals surface area (Å²) in [5.41, 5.74) is 1.99. The smallest absolute Gasteiger partial charge is 0.161 e. The van der Waals surface area contributed by atoms with Crippen LogP contribution in [-0.2, 0) is 6.42 Å². The Labute approximate surface area is 137 Å². The lowest BCUT2D eigenvalue weighted by Gasteiger charge is -2.23. The second-order valence-corrected chi connectivity index (χ2v) is 6.09. The number of nitrogens with zero attached hydrogens (tertiary/aromatic N) is 2. The van der Waals surface area contributed by atoms with E-state index in [1.165, 1.54) is 19.3 Å². The van der Waals surface area contributed by atoms with Crippen LogP contribution < -0.4 is 10.6 Å². The Morgan fingerprint density at radius 1 is 1.30 bits per heavy atom. The number of rotatable bonds is 5. The van der Waals surface area contributed by atoms with E-state index in [9.17, 15) is 5.11 Å². The topological polar surface area (TPSA) is 70.1 Å². The zero-order valence-electron chi connectivity index (χ0n) is 13.5. The highest BCUT2D eigenvalue weighted by molar-refractivity contribution is 5.60. The van der Waals surface area contributed by atoms with Crippen LogP contribution in [0.1, 0.15) is 31.2 Å². The molecule has 0 unspecified atom stereocenters. The number of phenolic OH excluding ortho intramolecular Hbond substituents is 1. The number of aromatic hydroxyl groups is 1. The van der Waals surface area contributed by atoms with Gasteiger partial charge in [0.15, 0.2) is 5.82 Å². The normalized spacial score (nSPS) is 17.9. The van der Waals surface area contributed by atoms with Crippen molar-refractivity contribution in [3.63, 3.8) is 0 Å². The molecule has 0 spiro atoms. The summed E-state index contributed by atoms with van der Waals surface area (Å²) in [5, 5.41) is 16.6. The van der Waals surface area contributed by atoms with Gasteiger partial charge >= 0.3 is 0 Å². The van der Waals surface area contributed by atoms with Crippen molar-refractivity contribution in [2.75, 3.05) is 18.9 Å². The molecule has 2 aromatic rings. The first-order chi connectivity index (χ1) is 11.2. The Morgan fingerprint density at radius 3 is 3.00 bits per heavy atom. The highest BCUT2D eigenvalue weighted by Crippen LogP contribution is 2.25. The van der Waals surface area contributed by atoms with Crippen molar-refractivity contribution in [3.8, 4) is 17.1 Å². The lowest BCUT2D eigenvalue weighted by Crippen LogP contribution is -2.34. The predicted molar refractivity (Wildman–Crippen MR) is 92.6 cm³/mol. The molecule has 3 N–H and O–H groups in total. The van der Waals surface area contributed by atoms with Crippen LogP contribution in [0.3, 0.4) is 0 Å². The number of phenols is 1. The van der Waals surface area contributed by atoms with Crippen LogP contribution in [0.15, 0.2) is 30.5 Å². The maximum Gasteiger partial charge on any atom is 0.161 e. The summed E-state index contributed by atoms with van der Waals surface area (Å²) in [6.07, 6.45) is 7.62. The van der Waals surface area contributed by atoms with E-state index in [4.69, 9.17) is 0 Å². The van der Waals surface area contributed by atoms with Gasteiger partial charge in [0.2, 0.25) is 0 Å². The van der Waals surface area contributed by atoms with Crippen molar-refractivity contribution in [2.45, 2.75) is 38.1 Å². The molecule has 122 valence electrons. The van der Waals surface area contributed by atoms with Gasteiger partial charge in [-0.3, -0.25) is 0 Å². The molecule has 0 radical (unpaired) electrons. The molecule has 5 nitrogen and oxygen atoms in total. The third-order valence-corrected chi connectivity index (χ3v) is 4.34. The van der Waals surface area contributed by atoms with Crippen LogP contribution in [0.2, 0.25) is 0 Å². The van der Waals surface area contributed by atoms with Gasteiger partial charge in [0, 0.05) is 24.8 Å². The van der Waals surface area contributed by atoms with Gasteiger partial charge in [-0.15, -0.1) is 0 Å². The molecule has 0 saturated carbocycles. The Morgan fingerprint density at radius 2 is 2.22 bits per heavy atom. The maximum atomic E-state index is 10.0. The van der Waals surface area contributed by atoms with E-state index in [-0.39, 0.29) is 5.75 Å². The Balaban J connectivity index is 1.75. The molecule has 1 aliphatic rings. The number of piperidine rings is 1. The van der Waals surface area contributed by atoms with Crippen molar-refractivity contribution in [1.82, 2.24) is 15.3 Å². The minimum Gasteiger partial charge on any atom is -0.508 e. The van der Waals surface area contributed by atoms with Crippen molar-refractivity contribution in [1.29, 1.82) is 0 Å². The molecule has 0 amide bonds. The fourth-order valence-corrected chi connectivity index (χ4v) is 3.10. The molecule has 5 heteroatoms. The minimum absolute atomic E-state index is 0.271. The maximum absolute atomic E-state index is 10.0. The zero-order valence-corrected chi connectivity index (χ0v) is 13.5. The Bertz CT molecular complexity index is 653. The molecule has 0 aliphatic carbocycles. The highest BCUT2D eigenvalue weighted by Gasteiger charge is 2.13. The van der Waals surface area contributed by atoms with Gasteiger partial charge in [0.05, 0.1) is 0 Å². The number of aromatic nitrogens is 2. The fraction of sp³-hybridized carbons (Fsp3) is 0.444. The summed E-state index contributed by atoms with van der Waals surface area (Å²) in [6, 6.07) is 8.06. The van der Waals surface area contributed by atoms with E-state index in [1.54, 1.807) is 12.3 Å². The number of hydrogen-bond acceptors (Lipinski definition) is 5. The van der Waals surface area contributed by atoms with Crippen molar-refractivity contribution >= 4 is 5.82 Å². The summed E-state index contributed by atoms with van der Waals surface area (Å²) in [6.45, 7) is 1.13. The minimum atomic E-state index is 0.271. The van der Waals surface area contributed by atoms with Crippen LogP contribution in [0.4, 0.5) is 5.82 Å². The molecule has 1 fully saturated rings. The summed E-state index contributed by atoms with van der Waals surface area (Å²) in [4.78, 5) is 8.76. The number of benzene rings is 1. The fourth-order valence-electron chi connectivity index (χ4n) is 3.10. The third-order valence-electron chi connectivity index (χ3n) is 4.34. The highest BCUT2D eigenvalue weighted by atomic mass is 16.3. The first-order valence-corrected chi connectivity index (χ1v) is 8.32. The summed E-state index contributed by atoms with van der Waals surface area (Å²) in [5.74, 6) is 1.67. The molecule has 1 aliphatic heterocycles. The van der Waals surface area contributed by atoms with Crippen molar-refractivity contribution in [3.05, 3.63) is 36.0 Å². The largest absolute Gasteiger partial charge is 0.508 e. The van der Waals surface area contributed by atoms with Crippen LogP contribution >= 0.6 is 0 Å². The monoisotopic (exact) mass is 312 g/mol. The molecule has 0 bridgehead atoms. The van der Waals surface area contributed by atoms with Gasteiger partial charge in [-0.05, 0) is 62.1 Å². The van der Waals surface area contributed by atoms with Crippen LogP contribution in [0, 0.1) is 0 Å². The molecule has 1 saturated heterocycles. The van der Waals surface area contributed by atoms with Gasteiger partial charge < -0.3 is 15.7 Å². The summed E-state index contributed by atoms with van der Waals surface area (Å²) >= 11 is 0. The van der Waals surface area contributed by atoms with Crippen molar-refractivity contribution < 1.29 is 5.11 Å². The molecule has 1 aromatic heterocycles. The standard InChI is InChI=1S/C18H24N4O/c1-19-17-7-9-21-18(22-17)14-10-13(11-16(23)12-14)5-6-15-4-2-3-8-20-15/h7,9-12,15,20,23H,2-6,8H2,1H3,(H,19,21,22)/t15-/m1/s1. The Kier molecular flexibility index (Phi) is 5.08. The van der Waals surface area contributed by atoms with Gasteiger partial charge in [0.25, 0.3) is 0 Å². The van der Waals surface area contributed by atoms with E-state index < -0.39 is 0 Å². The second-order valence-electron chi connectivity index (χ2n) is 6.09. The third kappa shape index (κ3) is 4.20. The molecule has 3 rings (SSSR count). The number of aryl methyl sites for hydroxylation is 1. The number of anilines is 1. The number of nitrogens with one attached hydrogen (secondary N) is 2. The van der Waals surface area contributed by atoms with Gasteiger partial charge in [-0.25, -0.2) is 9.97 Å². The van der Waals surface area contributed by atoms with E-state index in [1.807, 2.05) is 19.2 Å². The first kappa shape index (κ1) is 15.7. The quantitative estimate of drug-likeness (QED) is 0.792. The van der Waals surface area contributed by atoms with E-state index in [0.717, 1.165) is 36.3 Å². The average Bonchev–Trinajstić information content (AvgIpc) is 2.60. The zero-order chi connectivity index (χ0) is 16.1. The molecule has 1 aromatic carbocycles. The van der Waals surface area contributed by atoms with Gasteiger partial charge in [-0.2, -0.15) is 0 Å². The predicted octanol–water partition coefficient (Wildman–Crippen LogP) is 2.97. The van der Waals surface area contributed by atoms with Crippen LogP contribution in [0.25, 0.3) is 11.4 Å². The summed E-state index contributed by atoms with van der Waals surface area (Å²) < 4.78 is 0. The molecule has 1 atom stereocenters. The number of hydrogen-bond donors (Lipinski definition) is 3. The SMILES string of the molecule is CNc1ccnc(-c2cc(O)cc(CC[C@H]3CCCCN3)c2)n1.